The molecule has 0 saturated heterocycles. The third-order valence-electron chi connectivity index (χ3n) is 3.33. The van der Waals surface area contributed by atoms with Crippen molar-refractivity contribution in [3.8, 4) is 0 Å². The second-order valence-corrected chi connectivity index (χ2v) is 6.81. The number of anilines is 1. The van der Waals surface area contributed by atoms with Crippen LogP contribution >= 0.6 is 23.4 Å². The number of thioether (sulfide) groups is 1. The SMILES string of the molecule is Cc1ccc(NC(=O)CN(C)C(=O)CSc2ccccc2Cl)cc1. The highest BCUT2D eigenvalue weighted by molar-refractivity contribution is 8.00. The zero-order valence-corrected chi connectivity index (χ0v) is 15.2. The second-order valence-electron chi connectivity index (χ2n) is 5.38. The van der Waals surface area contributed by atoms with Crippen LogP contribution in [-0.2, 0) is 9.59 Å². The molecule has 0 aromatic heterocycles. The topological polar surface area (TPSA) is 49.4 Å². The number of carbonyl (C=O) groups is 2. The smallest absolute Gasteiger partial charge is 0.243 e. The Hall–Kier alpha value is -1.98. The molecule has 0 saturated carbocycles. The maximum Gasteiger partial charge on any atom is 0.243 e. The van der Waals surface area contributed by atoms with Crippen LogP contribution in [0.3, 0.4) is 0 Å². The fourth-order valence-electron chi connectivity index (χ4n) is 1.95. The number of hydrogen-bond acceptors (Lipinski definition) is 3. The van der Waals surface area contributed by atoms with Gasteiger partial charge in [-0.05, 0) is 31.2 Å². The van der Waals surface area contributed by atoms with Crippen LogP contribution in [0.4, 0.5) is 5.69 Å². The zero-order chi connectivity index (χ0) is 17.5. The van der Waals surface area contributed by atoms with Crippen molar-refractivity contribution in [2.45, 2.75) is 11.8 Å². The van der Waals surface area contributed by atoms with E-state index in [0.29, 0.717) is 5.02 Å². The number of likely N-dealkylation sites (N-methyl/N-ethyl adjacent to an activating group) is 1. The number of halogens is 1. The molecule has 2 amide bonds. The Bertz CT molecular complexity index is 719. The van der Waals surface area contributed by atoms with Crippen molar-refractivity contribution in [3.05, 3.63) is 59.1 Å². The molecule has 0 atom stereocenters. The van der Waals surface area contributed by atoms with E-state index in [1.807, 2.05) is 49.4 Å². The molecular formula is C18H19ClN2O2S. The lowest BCUT2D eigenvalue weighted by atomic mass is 10.2. The standard InChI is InChI=1S/C18H19ClN2O2S/c1-13-7-9-14(10-8-13)20-17(22)11-21(2)18(23)12-24-16-6-4-3-5-15(16)19/h3-10H,11-12H2,1-2H3,(H,20,22). The summed E-state index contributed by atoms with van der Waals surface area (Å²) in [6.07, 6.45) is 0. The average Bonchev–Trinajstić information content (AvgIpc) is 2.56. The highest BCUT2D eigenvalue weighted by atomic mass is 35.5. The molecule has 4 nitrogen and oxygen atoms in total. The lowest BCUT2D eigenvalue weighted by Crippen LogP contribution is -2.35. The minimum Gasteiger partial charge on any atom is -0.336 e. The summed E-state index contributed by atoms with van der Waals surface area (Å²) in [6.45, 7) is 1.99. The van der Waals surface area contributed by atoms with Crippen molar-refractivity contribution in [1.82, 2.24) is 4.90 Å². The van der Waals surface area contributed by atoms with Crippen LogP contribution in [0.25, 0.3) is 0 Å². The number of aryl methyl sites for hydroxylation is 1. The molecule has 0 unspecified atom stereocenters. The summed E-state index contributed by atoms with van der Waals surface area (Å²) >= 11 is 7.42. The van der Waals surface area contributed by atoms with Gasteiger partial charge in [-0.15, -0.1) is 11.8 Å². The van der Waals surface area contributed by atoms with Gasteiger partial charge in [-0.1, -0.05) is 41.4 Å². The molecule has 126 valence electrons. The van der Waals surface area contributed by atoms with E-state index < -0.39 is 0 Å². The Balaban J connectivity index is 1.81. The predicted molar refractivity (Wildman–Crippen MR) is 99.6 cm³/mol. The van der Waals surface area contributed by atoms with E-state index in [2.05, 4.69) is 5.32 Å². The molecule has 0 spiro atoms. The van der Waals surface area contributed by atoms with Gasteiger partial charge < -0.3 is 10.2 Å². The number of amides is 2. The molecule has 0 fully saturated rings. The van der Waals surface area contributed by atoms with Crippen LogP contribution < -0.4 is 5.32 Å². The van der Waals surface area contributed by atoms with Crippen molar-refractivity contribution in [2.75, 3.05) is 24.7 Å². The Kier molecular flexibility index (Phi) is 6.70. The number of nitrogens with one attached hydrogen (secondary N) is 1. The molecule has 0 aliphatic heterocycles. The molecular weight excluding hydrogens is 344 g/mol. The van der Waals surface area contributed by atoms with Crippen molar-refractivity contribution >= 4 is 40.9 Å². The van der Waals surface area contributed by atoms with Crippen LogP contribution in [0.15, 0.2) is 53.4 Å². The minimum absolute atomic E-state index is 0.00971. The zero-order valence-electron chi connectivity index (χ0n) is 13.6. The summed E-state index contributed by atoms with van der Waals surface area (Å²) in [5.74, 6) is -0.116. The van der Waals surface area contributed by atoms with Gasteiger partial charge in [0.2, 0.25) is 11.8 Å². The molecule has 24 heavy (non-hydrogen) atoms. The molecule has 1 N–H and O–H groups in total. The largest absolute Gasteiger partial charge is 0.336 e. The Morgan fingerprint density at radius 3 is 2.46 bits per heavy atom. The Morgan fingerprint density at radius 1 is 1.12 bits per heavy atom. The first-order valence-corrected chi connectivity index (χ1v) is 8.80. The third kappa shape index (κ3) is 5.58. The van der Waals surface area contributed by atoms with Crippen molar-refractivity contribution in [1.29, 1.82) is 0 Å². The van der Waals surface area contributed by atoms with E-state index in [9.17, 15) is 9.59 Å². The number of nitrogens with zero attached hydrogens (tertiary/aromatic N) is 1. The van der Waals surface area contributed by atoms with Gasteiger partial charge in [0.05, 0.1) is 17.3 Å². The number of carbonyl (C=O) groups excluding carboxylic acids is 2. The molecule has 0 radical (unpaired) electrons. The highest BCUT2D eigenvalue weighted by Crippen LogP contribution is 2.26. The predicted octanol–water partition coefficient (Wildman–Crippen LogP) is 3.84. The first-order chi connectivity index (χ1) is 11.5. The van der Waals surface area contributed by atoms with Crippen LogP contribution in [-0.4, -0.2) is 36.1 Å². The van der Waals surface area contributed by atoms with Crippen LogP contribution in [0, 0.1) is 6.92 Å². The maximum absolute atomic E-state index is 12.1. The number of benzene rings is 2. The summed E-state index contributed by atoms with van der Waals surface area (Å²) in [4.78, 5) is 26.4. The average molecular weight is 363 g/mol. The molecule has 2 rings (SSSR count). The van der Waals surface area contributed by atoms with E-state index in [4.69, 9.17) is 11.6 Å². The van der Waals surface area contributed by atoms with Gasteiger partial charge in [-0.3, -0.25) is 9.59 Å². The van der Waals surface area contributed by atoms with Gasteiger partial charge in [0, 0.05) is 17.6 Å². The van der Waals surface area contributed by atoms with Gasteiger partial charge >= 0.3 is 0 Å². The summed E-state index contributed by atoms with van der Waals surface area (Å²) in [5.41, 5.74) is 1.84. The molecule has 2 aromatic rings. The summed E-state index contributed by atoms with van der Waals surface area (Å²) in [5, 5.41) is 3.40. The Morgan fingerprint density at radius 2 is 1.79 bits per heavy atom. The quantitative estimate of drug-likeness (QED) is 0.794. The first-order valence-electron chi connectivity index (χ1n) is 7.43. The highest BCUT2D eigenvalue weighted by Gasteiger charge is 2.14. The summed E-state index contributed by atoms with van der Waals surface area (Å²) in [6, 6.07) is 14.9. The van der Waals surface area contributed by atoms with Crippen LogP contribution in [0.1, 0.15) is 5.56 Å². The van der Waals surface area contributed by atoms with Crippen molar-refractivity contribution in [3.63, 3.8) is 0 Å². The van der Waals surface area contributed by atoms with Crippen molar-refractivity contribution < 1.29 is 9.59 Å². The van der Waals surface area contributed by atoms with Gasteiger partial charge in [0.1, 0.15) is 0 Å². The molecule has 0 bridgehead atoms. The fourth-order valence-corrected chi connectivity index (χ4v) is 3.13. The monoisotopic (exact) mass is 362 g/mol. The van der Waals surface area contributed by atoms with Gasteiger partial charge in [-0.2, -0.15) is 0 Å². The third-order valence-corrected chi connectivity index (χ3v) is 4.83. The van der Waals surface area contributed by atoms with Gasteiger partial charge in [-0.25, -0.2) is 0 Å². The molecule has 0 heterocycles. The molecule has 2 aromatic carbocycles. The van der Waals surface area contributed by atoms with Crippen LogP contribution in [0.5, 0.6) is 0 Å². The summed E-state index contributed by atoms with van der Waals surface area (Å²) < 4.78 is 0. The van der Waals surface area contributed by atoms with Gasteiger partial charge in [0.15, 0.2) is 0 Å². The summed E-state index contributed by atoms with van der Waals surface area (Å²) in [7, 11) is 1.62. The van der Waals surface area contributed by atoms with E-state index in [0.717, 1.165) is 16.1 Å². The molecule has 0 aliphatic rings. The minimum atomic E-state index is -0.225. The lowest BCUT2D eigenvalue weighted by molar-refractivity contribution is -0.131. The van der Waals surface area contributed by atoms with E-state index in [1.54, 1.807) is 13.1 Å². The molecule has 6 heteroatoms. The van der Waals surface area contributed by atoms with E-state index >= 15 is 0 Å². The van der Waals surface area contributed by atoms with E-state index in [-0.39, 0.29) is 24.1 Å². The second kappa shape index (κ2) is 8.76. The molecule has 0 aliphatic carbocycles. The normalized spacial score (nSPS) is 10.3. The Labute approximate surface area is 151 Å². The fraction of sp³-hybridized carbons (Fsp3) is 0.222. The maximum atomic E-state index is 12.1. The van der Waals surface area contributed by atoms with Crippen molar-refractivity contribution in [2.24, 2.45) is 0 Å². The number of rotatable bonds is 6. The lowest BCUT2D eigenvalue weighted by Gasteiger charge is -2.17. The van der Waals surface area contributed by atoms with Crippen LogP contribution in [0.2, 0.25) is 5.02 Å². The number of hydrogen-bond donors (Lipinski definition) is 1. The van der Waals surface area contributed by atoms with Gasteiger partial charge in [0.25, 0.3) is 0 Å². The first kappa shape index (κ1) is 18.4. The van der Waals surface area contributed by atoms with E-state index in [1.165, 1.54) is 16.7 Å².